The van der Waals surface area contributed by atoms with Gasteiger partial charge in [-0.05, 0) is 48.4 Å². The van der Waals surface area contributed by atoms with E-state index in [1.54, 1.807) is 30.3 Å². The third-order valence-electron chi connectivity index (χ3n) is 3.86. The first-order valence-corrected chi connectivity index (χ1v) is 8.87. The van der Waals surface area contributed by atoms with Gasteiger partial charge in [0, 0.05) is 11.6 Å². The van der Waals surface area contributed by atoms with Crippen molar-refractivity contribution in [2.45, 2.75) is 23.1 Å². The number of pyridine rings is 1. The first-order chi connectivity index (χ1) is 11.4. The highest BCUT2D eigenvalue weighted by atomic mass is 32.2. The Morgan fingerprint density at radius 1 is 1.04 bits per heavy atom. The molecule has 3 aromatic rings. The van der Waals surface area contributed by atoms with E-state index in [2.05, 4.69) is 4.98 Å². The van der Waals surface area contributed by atoms with E-state index in [9.17, 15) is 13.2 Å². The molecule has 0 amide bonds. The summed E-state index contributed by atoms with van der Waals surface area (Å²) < 4.78 is 25.5. The van der Waals surface area contributed by atoms with Gasteiger partial charge in [-0.2, -0.15) is 0 Å². The molecule has 0 saturated heterocycles. The summed E-state index contributed by atoms with van der Waals surface area (Å²) in [4.78, 5) is 15.4. The summed E-state index contributed by atoms with van der Waals surface area (Å²) in [6.45, 7) is 2.00. The third-order valence-corrected chi connectivity index (χ3v) is 5.59. The lowest BCUT2D eigenvalue weighted by atomic mass is 10.1. The zero-order valence-electron chi connectivity index (χ0n) is 12.9. The maximum absolute atomic E-state index is 12.7. The number of aromatic nitrogens is 1. The van der Waals surface area contributed by atoms with Gasteiger partial charge in [0.25, 0.3) is 0 Å². The maximum Gasteiger partial charge on any atom is 0.335 e. The van der Waals surface area contributed by atoms with Crippen LogP contribution in [0, 0.1) is 0 Å². The molecule has 24 heavy (non-hydrogen) atoms. The minimum absolute atomic E-state index is 0.0433. The highest BCUT2D eigenvalue weighted by molar-refractivity contribution is 7.91. The predicted molar refractivity (Wildman–Crippen MR) is 90.0 cm³/mol. The zero-order valence-corrected chi connectivity index (χ0v) is 13.7. The van der Waals surface area contributed by atoms with Crippen LogP contribution in [0.15, 0.2) is 64.5 Å². The first-order valence-electron chi connectivity index (χ1n) is 7.39. The highest BCUT2D eigenvalue weighted by Gasteiger charge is 2.19. The van der Waals surface area contributed by atoms with E-state index in [1.807, 2.05) is 6.92 Å². The zero-order chi connectivity index (χ0) is 17.3. The number of sulfone groups is 1. The van der Waals surface area contributed by atoms with E-state index >= 15 is 0 Å². The van der Waals surface area contributed by atoms with Gasteiger partial charge in [0.1, 0.15) is 0 Å². The van der Waals surface area contributed by atoms with Crippen molar-refractivity contribution in [2.24, 2.45) is 0 Å². The van der Waals surface area contributed by atoms with Gasteiger partial charge in [0.05, 0.1) is 20.9 Å². The molecule has 1 aromatic heterocycles. The number of carboxylic acid groups (broad SMARTS) is 1. The van der Waals surface area contributed by atoms with Gasteiger partial charge in [0.2, 0.25) is 9.84 Å². The molecule has 0 fully saturated rings. The Balaban J connectivity index is 2.11. The number of benzene rings is 2. The Hall–Kier alpha value is -2.73. The molecule has 0 spiro atoms. The van der Waals surface area contributed by atoms with Crippen molar-refractivity contribution in [3.05, 3.63) is 65.9 Å². The van der Waals surface area contributed by atoms with Gasteiger partial charge in [-0.25, -0.2) is 13.2 Å². The number of hydrogen-bond acceptors (Lipinski definition) is 4. The summed E-state index contributed by atoms with van der Waals surface area (Å²) in [5.74, 6) is -1.07. The van der Waals surface area contributed by atoms with Crippen LogP contribution in [0.1, 0.15) is 22.8 Å². The van der Waals surface area contributed by atoms with Gasteiger partial charge in [0.15, 0.2) is 0 Å². The van der Waals surface area contributed by atoms with E-state index in [1.165, 1.54) is 24.4 Å². The third kappa shape index (κ3) is 2.88. The lowest BCUT2D eigenvalue weighted by molar-refractivity contribution is 0.0697. The van der Waals surface area contributed by atoms with Gasteiger partial charge in [-0.3, -0.25) is 4.98 Å². The smallest absolute Gasteiger partial charge is 0.335 e. The molecule has 122 valence electrons. The average Bonchev–Trinajstić information content (AvgIpc) is 2.60. The summed E-state index contributed by atoms with van der Waals surface area (Å²) in [7, 11) is -3.70. The van der Waals surface area contributed by atoms with Crippen molar-refractivity contribution in [3.63, 3.8) is 0 Å². The molecule has 0 radical (unpaired) electrons. The van der Waals surface area contributed by atoms with E-state index in [0.29, 0.717) is 10.9 Å². The van der Waals surface area contributed by atoms with Crippen LogP contribution in [-0.4, -0.2) is 24.5 Å². The first kappa shape index (κ1) is 16.1. The van der Waals surface area contributed by atoms with Gasteiger partial charge in [-0.1, -0.05) is 19.1 Å². The van der Waals surface area contributed by atoms with Crippen molar-refractivity contribution in [2.75, 3.05) is 0 Å². The van der Waals surface area contributed by atoms with Gasteiger partial charge < -0.3 is 5.11 Å². The van der Waals surface area contributed by atoms with Crippen LogP contribution in [0.25, 0.3) is 10.9 Å². The Bertz CT molecular complexity index is 1020. The van der Waals surface area contributed by atoms with Crippen molar-refractivity contribution < 1.29 is 18.3 Å². The van der Waals surface area contributed by atoms with Crippen LogP contribution in [-0.2, 0) is 16.3 Å². The molecule has 1 N–H and O–H groups in total. The van der Waals surface area contributed by atoms with Crippen LogP contribution in [0.5, 0.6) is 0 Å². The number of aryl methyl sites for hydroxylation is 1. The Labute approximate surface area is 139 Å². The molecule has 0 aliphatic heterocycles. The standard InChI is InChI=1S/C18H15NO4S/c1-2-12-3-6-15(7-4-12)24(22,23)16-10-14-9-13(18(20)21)5-8-17(14)19-11-16/h3-11H,2H2,1H3,(H,20,21). The summed E-state index contributed by atoms with van der Waals surface area (Å²) in [6.07, 6.45) is 2.13. The van der Waals surface area contributed by atoms with E-state index in [4.69, 9.17) is 5.11 Å². The fourth-order valence-corrected chi connectivity index (χ4v) is 3.67. The SMILES string of the molecule is CCc1ccc(S(=O)(=O)c2cnc3ccc(C(=O)O)cc3c2)cc1. The van der Waals surface area contributed by atoms with Crippen LogP contribution in [0.3, 0.4) is 0 Å². The number of fused-ring (bicyclic) bond motifs is 1. The number of hydrogen-bond donors (Lipinski definition) is 1. The van der Waals surface area contributed by atoms with Crippen LogP contribution in [0.4, 0.5) is 0 Å². The molecule has 2 aromatic carbocycles. The summed E-state index contributed by atoms with van der Waals surface area (Å²) >= 11 is 0. The monoisotopic (exact) mass is 341 g/mol. The molecule has 0 unspecified atom stereocenters. The molecule has 0 saturated carbocycles. The topological polar surface area (TPSA) is 84.3 Å². The number of nitrogens with zero attached hydrogens (tertiary/aromatic N) is 1. The normalized spacial score (nSPS) is 11.5. The number of carboxylic acids is 1. The number of rotatable bonds is 4. The van der Waals surface area contributed by atoms with E-state index in [-0.39, 0.29) is 15.4 Å². The average molecular weight is 341 g/mol. The molecule has 0 aliphatic carbocycles. The van der Waals surface area contributed by atoms with Gasteiger partial charge in [-0.15, -0.1) is 0 Å². The molecule has 0 aliphatic rings. The van der Waals surface area contributed by atoms with Crippen molar-refractivity contribution in [3.8, 4) is 0 Å². The maximum atomic E-state index is 12.7. The highest BCUT2D eigenvalue weighted by Crippen LogP contribution is 2.24. The summed E-state index contributed by atoms with van der Waals surface area (Å²) in [6, 6.07) is 12.6. The largest absolute Gasteiger partial charge is 0.478 e. The molecule has 6 heteroatoms. The molecular weight excluding hydrogens is 326 g/mol. The van der Waals surface area contributed by atoms with Crippen molar-refractivity contribution >= 4 is 26.7 Å². The Kier molecular flexibility index (Phi) is 4.07. The molecule has 0 atom stereocenters. The Morgan fingerprint density at radius 2 is 1.75 bits per heavy atom. The number of aromatic carboxylic acids is 1. The summed E-state index contributed by atoms with van der Waals surface area (Å²) in [5.41, 5.74) is 1.68. The molecule has 0 bridgehead atoms. The van der Waals surface area contributed by atoms with E-state index in [0.717, 1.165) is 12.0 Å². The second-order valence-electron chi connectivity index (χ2n) is 5.38. The lowest BCUT2D eigenvalue weighted by Gasteiger charge is -2.07. The van der Waals surface area contributed by atoms with Crippen LogP contribution >= 0.6 is 0 Å². The lowest BCUT2D eigenvalue weighted by Crippen LogP contribution is -2.03. The van der Waals surface area contributed by atoms with Crippen molar-refractivity contribution in [1.82, 2.24) is 4.98 Å². The fourth-order valence-electron chi connectivity index (χ4n) is 2.43. The molecule has 1 heterocycles. The second-order valence-corrected chi connectivity index (χ2v) is 7.33. The second kappa shape index (κ2) is 6.05. The Morgan fingerprint density at radius 3 is 2.38 bits per heavy atom. The van der Waals surface area contributed by atoms with Crippen molar-refractivity contribution in [1.29, 1.82) is 0 Å². The molecule has 5 nitrogen and oxygen atoms in total. The van der Waals surface area contributed by atoms with Crippen LogP contribution < -0.4 is 0 Å². The molecule has 3 rings (SSSR count). The quantitative estimate of drug-likeness (QED) is 0.787. The van der Waals surface area contributed by atoms with Crippen LogP contribution in [0.2, 0.25) is 0 Å². The number of carbonyl (C=O) groups is 1. The summed E-state index contributed by atoms with van der Waals surface area (Å²) in [5, 5.41) is 9.54. The minimum Gasteiger partial charge on any atom is -0.478 e. The minimum atomic E-state index is -3.70. The van der Waals surface area contributed by atoms with Gasteiger partial charge >= 0.3 is 5.97 Å². The fraction of sp³-hybridized carbons (Fsp3) is 0.111. The van der Waals surface area contributed by atoms with E-state index < -0.39 is 15.8 Å². The predicted octanol–water partition coefficient (Wildman–Crippen LogP) is 3.33. The molecular formula is C18H15NO4S.